The zero-order chi connectivity index (χ0) is 19.7. The zero-order valence-corrected chi connectivity index (χ0v) is 15.6. The van der Waals surface area contributed by atoms with Gasteiger partial charge in [0, 0.05) is 23.1 Å². The summed E-state index contributed by atoms with van der Waals surface area (Å²) in [4.78, 5) is 29.4. The van der Waals surface area contributed by atoms with Gasteiger partial charge >= 0.3 is 12.1 Å². The number of benzene rings is 2. The van der Waals surface area contributed by atoms with Gasteiger partial charge in [-0.05, 0) is 43.5 Å². The van der Waals surface area contributed by atoms with Crippen LogP contribution in [0.2, 0.25) is 0 Å². The first-order valence-electron chi connectivity index (χ1n) is 9.33. The van der Waals surface area contributed by atoms with E-state index < -0.39 is 11.5 Å². The summed E-state index contributed by atoms with van der Waals surface area (Å²) in [6.07, 6.45) is 1.28. The summed E-state index contributed by atoms with van der Waals surface area (Å²) < 4.78 is 5.54. The molecule has 3 aromatic rings. The Morgan fingerprint density at radius 1 is 1.18 bits per heavy atom. The van der Waals surface area contributed by atoms with Crippen molar-refractivity contribution in [1.29, 1.82) is 0 Å². The van der Waals surface area contributed by atoms with Gasteiger partial charge in [0.25, 0.3) is 0 Å². The van der Waals surface area contributed by atoms with Crippen LogP contribution in [0.4, 0.5) is 4.79 Å². The molecular formula is C22H22N2O4. The van der Waals surface area contributed by atoms with E-state index in [2.05, 4.69) is 4.98 Å². The third kappa shape index (κ3) is 3.11. The van der Waals surface area contributed by atoms with Gasteiger partial charge in [-0.2, -0.15) is 0 Å². The molecule has 1 aliphatic rings. The molecule has 2 aromatic carbocycles. The number of aromatic carboxylic acids is 1. The van der Waals surface area contributed by atoms with Gasteiger partial charge in [-0.15, -0.1) is 0 Å². The van der Waals surface area contributed by atoms with Crippen molar-refractivity contribution in [3.63, 3.8) is 0 Å². The normalized spacial score (nSPS) is 19.1. The summed E-state index contributed by atoms with van der Waals surface area (Å²) >= 11 is 0. The first kappa shape index (κ1) is 18.1. The van der Waals surface area contributed by atoms with Crippen LogP contribution in [0.5, 0.6) is 0 Å². The lowest BCUT2D eigenvalue weighted by atomic mass is 9.94. The molecule has 2 heterocycles. The summed E-state index contributed by atoms with van der Waals surface area (Å²) in [5, 5.41) is 10.1. The van der Waals surface area contributed by atoms with Crippen LogP contribution in [0.1, 0.15) is 41.4 Å². The van der Waals surface area contributed by atoms with E-state index in [4.69, 9.17) is 4.74 Å². The van der Waals surface area contributed by atoms with Gasteiger partial charge in [-0.3, -0.25) is 4.90 Å². The van der Waals surface area contributed by atoms with Crippen LogP contribution >= 0.6 is 0 Å². The second-order valence-electron chi connectivity index (χ2n) is 7.32. The molecule has 1 aromatic heterocycles. The van der Waals surface area contributed by atoms with Gasteiger partial charge in [0.05, 0.1) is 11.1 Å². The zero-order valence-electron chi connectivity index (χ0n) is 15.6. The fourth-order valence-corrected chi connectivity index (χ4v) is 3.97. The predicted octanol–water partition coefficient (Wildman–Crippen LogP) is 4.51. The maximum atomic E-state index is 12.8. The number of likely N-dealkylation sites (tertiary alicyclic amines) is 1. The number of nitrogens with zero attached hydrogens (tertiary/aromatic N) is 1. The van der Waals surface area contributed by atoms with Crippen molar-refractivity contribution < 1.29 is 19.4 Å². The minimum absolute atomic E-state index is 0.224. The molecule has 6 nitrogen and oxygen atoms in total. The van der Waals surface area contributed by atoms with E-state index in [1.54, 1.807) is 17.0 Å². The summed E-state index contributed by atoms with van der Waals surface area (Å²) in [5.41, 5.74) is 2.20. The van der Waals surface area contributed by atoms with Crippen molar-refractivity contribution in [2.45, 2.75) is 31.9 Å². The first-order valence-corrected chi connectivity index (χ1v) is 9.33. The molecule has 28 heavy (non-hydrogen) atoms. The minimum atomic E-state index is -0.966. The number of amides is 1. The van der Waals surface area contributed by atoms with E-state index >= 15 is 0 Å². The molecular weight excluding hydrogens is 356 g/mol. The van der Waals surface area contributed by atoms with Gasteiger partial charge in [0.1, 0.15) is 6.61 Å². The summed E-state index contributed by atoms with van der Waals surface area (Å²) in [7, 11) is 0. The number of fused-ring (bicyclic) bond motifs is 1. The Bertz CT molecular complexity index is 1030. The van der Waals surface area contributed by atoms with Crippen molar-refractivity contribution >= 4 is 23.0 Å². The molecule has 144 valence electrons. The number of carbonyl (C=O) groups excluding carboxylic acids is 1. The fraction of sp³-hybridized carbons (Fsp3) is 0.273. The van der Waals surface area contributed by atoms with Gasteiger partial charge in [0.15, 0.2) is 0 Å². The highest BCUT2D eigenvalue weighted by Gasteiger charge is 2.43. The molecule has 1 unspecified atom stereocenters. The van der Waals surface area contributed by atoms with E-state index in [-0.39, 0.29) is 18.3 Å². The Balaban J connectivity index is 1.61. The van der Waals surface area contributed by atoms with Gasteiger partial charge < -0.3 is 14.8 Å². The molecule has 6 heteroatoms. The van der Waals surface area contributed by atoms with Gasteiger partial charge in [-0.1, -0.05) is 36.4 Å². The number of H-pyrrole nitrogens is 1. The number of nitrogens with one attached hydrogen (secondary N) is 1. The van der Waals surface area contributed by atoms with E-state index in [9.17, 15) is 14.7 Å². The summed E-state index contributed by atoms with van der Waals surface area (Å²) in [6.45, 7) is 2.82. The Hall–Kier alpha value is -3.28. The number of ether oxygens (including phenoxy) is 1. The van der Waals surface area contributed by atoms with Crippen LogP contribution in [0.15, 0.2) is 54.6 Å². The molecule has 4 rings (SSSR count). The lowest BCUT2D eigenvalue weighted by Gasteiger charge is -2.33. The minimum Gasteiger partial charge on any atom is -0.478 e. The van der Waals surface area contributed by atoms with Crippen LogP contribution in [-0.4, -0.2) is 33.6 Å². The molecule has 1 amide bonds. The van der Waals surface area contributed by atoms with Gasteiger partial charge in [-0.25, -0.2) is 9.59 Å². The molecule has 1 saturated heterocycles. The van der Waals surface area contributed by atoms with Crippen molar-refractivity contribution in [1.82, 2.24) is 9.88 Å². The quantitative estimate of drug-likeness (QED) is 0.699. The van der Waals surface area contributed by atoms with Crippen LogP contribution in [0, 0.1) is 0 Å². The highest BCUT2D eigenvalue weighted by Crippen LogP contribution is 2.40. The smallest absolute Gasteiger partial charge is 0.410 e. The Morgan fingerprint density at radius 3 is 2.71 bits per heavy atom. The van der Waals surface area contributed by atoms with Crippen molar-refractivity contribution in [2.75, 3.05) is 6.54 Å². The number of hydrogen-bond acceptors (Lipinski definition) is 3. The number of carbonyl (C=O) groups is 2. The van der Waals surface area contributed by atoms with E-state index in [0.29, 0.717) is 11.9 Å². The van der Waals surface area contributed by atoms with Gasteiger partial charge in [0.2, 0.25) is 0 Å². The lowest BCUT2D eigenvalue weighted by molar-refractivity contribution is 0.0677. The number of carboxylic acids is 1. The largest absolute Gasteiger partial charge is 0.478 e. The van der Waals surface area contributed by atoms with Crippen LogP contribution in [-0.2, 0) is 16.9 Å². The third-order valence-corrected chi connectivity index (χ3v) is 5.54. The average molecular weight is 378 g/mol. The molecule has 0 radical (unpaired) electrons. The average Bonchev–Trinajstić information content (AvgIpc) is 3.31. The molecule has 0 bridgehead atoms. The Labute approximate surface area is 162 Å². The predicted molar refractivity (Wildman–Crippen MR) is 105 cm³/mol. The molecule has 2 N–H and O–H groups in total. The Morgan fingerprint density at radius 2 is 1.96 bits per heavy atom. The van der Waals surface area contributed by atoms with Crippen LogP contribution < -0.4 is 0 Å². The number of aromatic nitrogens is 1. The molecule has 0 saturated carbocycles. The monoisotopic (exact) mass is 378 g/mol. The highest BCUT2D eigenvalue weighted by atomic mass is 16.6. The van der Waals surface area contributed by atoms with E-state index in [1.807, 2.05) is 49.4 Å². The summed E-state index contributed by atoms with van der Waals surface area (Å²) in [5.74, 6) is -0.966. The number of aromatic amines is 1. The van der Waals surface area contributed by atoms with Crippen LogP contribution in [0.25, 0.3) is 10.9 Å². The summed E-state index contributed by atoms with van der Waals surface area (Å²) in [6, 6.07) is 16.6. The van der Waals surface area contributed by atoms with E-state index in [0.717, 1.165) is 29.6 Å². The third-order valence-electron chi connectivity index (χ3n) is 5.54. The lowest BCUT2D eigenvalue weighted by Crippen LogP contribution is -2.43. The highest BCUT2D eigenvalue weighted by molar-refractivity contribution is 6.03. The first-order chi connectivity index (χ1) is 13.5. The van der Waals surface area contributed by atoms with Crippen molar-refractivity contribution in [2.24, 2.45) is 0 Å². The molecule has 0 spiro atoms. The fourth-order valence-electron chi connectivity index (χ4n) is 3.97. The molecule has 0 aliphatic carbocycles. The topological polar surface area (TPSA) is 82.6 Å². The standard InChI is InChI=1S/C22H22N2O4/c1-22(19-13-17-16(20(25)26)9-5-10-18(17)23-19)11-6-12-24(22)21(27)28-14-15-7-3-2-4-8-15/h2-5,7-10,13,23H,6,11-12,14H2,1H3,(H,25,26). The Kier molecular flexibility index (Phi) is 4.55. The maximum Gasteiger partial charge on any atom is 0.410 e. The SMILES string of the molecule is CC1(c2cc3c(C(=O)O)cccc3[nH]2)CCCN1C(=O)OCc1ccccc1. The molecule has 1 aliphatic heterocycles. The number of carboxylic acid groups (broad SMARTS) is 1. The van der Waals surface area contributed by atoms with Crippen LogP contribution in [0.3, 0.4) is 0 Å². The second-order valence-corrected chi connectivity index (χ2v) is 7.32. The molecule has 1 fully saturated rings. The molecule has 1 atom stereocenters. The van der Waals surface area contributed by atoms with Crippen molar-refractivity contribution in [3.05, 3.63) is 71.4 Å². The number of hydrogen-bond donors (Lipinski definition) is 2. The second kappa shape index (κ2) is 7.03. The van der Waals surface area contributed by atoms with E-state index in [1.165, 1.54) is 0 Å². The van der Waals surface area contributed by atoms with Crippen molar-refractivity contribution in [3.8, 4) is 0 Å². The number of rotatable bonds is 4. The maximum absolute atomic E-state index is 12.8.